The zero-order valence-electron chi connectivity index (χ0n) is 14.0. The number of hydrogen-bond donors (Lipinski definition) is 0. The Bertz CT molecular complexity index is 649. The van der Waals surface area contributed by atoms with Crippen LogP contribution in [0.3, 0.4) is 0 Å². The molecule has 0 N–H and O–H groups in total. The fourth-order valence-corrected chi connectivity index (χ4v) is 3.86. The van der Waals surface area contributed by atoms with E-state index in [1.165, 1.54) is 24.6 Å². The Hall–Kier alpha value is -1.75. The first-order valence-corrected chi connectivity index (χ1v) is 8.89. The molecule has 1 aromatic carbocycles. The molecule has 0 saturated carbocycles. The molecule has 3 rings (SSSR count). The number of anilines is 1. The van der Waals surface area contributed by atoms with Crippen LogP contribution in [0.15, 0.2) is 34.2 Å². The third-order valence-electron chi connectivity index (χ3n) is 4.24. The third-order valence-corrected chi connectivity index (χ3v) is 5.29. The molecule has 0 aromatic heterocycles. The molecule has 2 heterocycles. The Morgan fingerprint density at radius 2 is 2.04 bits per heavy atom. The van der Waals surface area contributed by atoms with Gasteiger partial charge in [-0.25, -0.2) is 0 Å². The number of amidine groups is 1. The summed E-state index contributed by atoms with van der Waals surface area (Å²) in [7, 11) is 4.03. The molecule has 2 aliphatic rings. The summed E-state index contributed by atoms with van der Waals surface area (Å²) in [4.78, 5) is 21.5. The smallest absolute Gasteiger partial charge is 0.286 e. The highest BCUT2D eigenvalue weighted by Gasteiger charge is 2.28. The molecule has 0 bridgehead atoms. The van der Waals surface area contributed by atoms with E-state index in [2.05, 4.69) is 33.8 Å². The van der Waals surface area contributed by atoms with Gasteiger partial charge in [0.05, 0.1) is 4.91 Å². The summed E-state index contributed by atoms with van der Waals surface area (Å²) in [6.07, 6.45) is 4.39. The van der Waals surface area contributed by atoms with Gasteiger partial charge in [0.1, 0.15) is 0 Å². The van der Waals surface area contributed by atoms with E-state index < -0.39 is 0 Å². The average Bonchev–Trinajstić information content (AvgIpc) is 2.89. The van der Waals surface area contributed by atoms with Gasteiger partial charge in [-0.1, -0.05) is 19.1 Å². The van der Waals surface area contributed by atoms with E-state index in [-0.39, 0.29) is 5.91 Å². The van der Waals surface area contributed by atoms with Gasteiger partial charge in [0.2, 0.25) is 0 Å². The average molecular weight is 329 g/mol. The van der Waals surface area contributed by atoms with Crippen molar-refractivity contribution in [1.29, 1.82) is 0 Å². The number of carbonyl (C=O) groups excluding carboxylic acids is 1. The van der Waals surface area contributed by atoms with Gasteiger partial charge in [-0.2, -0.15) is 4.99 Å². The van der Waals surface area contributed by atoms with Crippen molar-refractivity contribution in [3.63, 3.8) is 0 Å². The van der Waals surface area contributed by atoms with Crippen LogP contribution in [-0.4, -0.2) is 43.2 Å². The molecule has 1 atom stereocenters. The summed E-state index contributed by atoms with van der Waals surface area (Å²) in [6, 6.07) is 8.20. The van der Waals surface area contributed by atoms with Crippen molar-refractivity contribution in [2.75, 3.05) is 32.1 Å². The van der Waals surface area contributed by atoms with E-state index in [9.17, 15) is 4.79 Å². The quantitative estimate of drug-likeness (QED) is 0.779. The predicted molar refractivity (Wildman–Crippen MR) is 98.8 cm³/mol. The lowest BCUT2D eigenvalue weighted by atomic mass is 10.0. The summed E-state index contributed by atoms with van der Waals surface area (Å²) >= 11 is 1.51. The van der Waals surface area contributed by atoms with Crippen LogP contribution in [0.25, 0.3) is 6.08 Å². The molecule has 4 nitrogen and oxygen atoms in total. The fraction of sp³-hybridized carbons (Fsp3) is 0.444. The van der Waals surface area contributed by atoms with Crippen molar-refractivity contribution in [2.24, 2.45) is 10.9 Å². The molecule has 0 radical (unpaired) electrons. The lowest BCUT2D eigenvalue weighted by molar-refractivity contribution is -0.113. The maximum atomic E-state index is 12.2. The lowest BCUT2D eigenvalue weighted by Crippen LogP contribution is -2.37. The van der Waals surface area contributed by atoms with E-state index >= 15 is 0 Å². The number of likely N-dealkylation sites (tertiary alicyclic amines) is 1. The summed E-state index contributed by atoms with van der Waals surface area (Å²) in [6.45, 7) is 4.27. The van der Waals surface area contributed by atoms with Crippen LogP contribution in [0.5, 0.6) is 0 Å². The van der Waals surface area contributed by atoms with E-state index in [4.69, 9.17) is 0 Å². The second-order valence-corrected chi connectivity index (χ2v) is 7.50. The summed E-state index contributed by atoms with van der Waals surface area (Å²) in [5, 5.41) is 0.873. The summed E-state index contributed by atoms with van der Waals surface area (Å²) in [5.41, 5.74) is 2.19. The van der Waals surface area contributed by atoms with Gasteiger partial charge in [-0.3, -0.25) is 4.79 Å². The first kappa shape index (κ1) is 16.1. The predicted octanol–water partition coefficient (Wildman–Crippen LogP) is 3.45. The van der Waals surface area contributed by atoms with Crippen molar-refractivity contribution in [1.82, 2.24) is 4.90 Å². The minimum Gasteiger partial charge on any atom is -0.378 e. The van der Waals surface area contributed by atoms with Crippen LogP contribution < -0.4 is 4.90 Å². The first-order valence-electron chi connectivity index (χ1n) is 8.08. The topological polar surface area (TPSA) is 35.9 Å². The highest BCUT2D eigenvalue weighted by molar-refractivity contribution is 8.18. The molecule has 1 aromatic rings. The van der Waals surface area contributed by atoms with Crippen LogP contribution in [0.1, 0.15) is 25.3 Å². The van der Waals surface area contributed by atoms with Gasteiger partial charge < -0.3 is 9.80 Å². The van der Waals surface area contributed by atoms with Crippen molar-refractivity contribution in [3.05, 3.63) is 34.7 Å². The molecule has 1 saturated heterocycles. The molecule has 2 aliphatic heterocycles. The van der Waals surface area contributed by atoms with Crippen molar-refractivity contribution < 1.29 is 4.79 Å². The van der Waals surface area contributed by atoms with Gasteiger partial charge >= 0.3 is 0 Å². The molecule has 0 unspecified atom stereocenters. The monoisotopic (exact) mass is 329 g/mol. The third kappa shape index (κ3) is 3.78. The standard InChI is InChI=1S/C18H23N3OS/c1-13-5-4-10-21(12-13)18-19-17(22)16(23-18)11-14-6-8-15(9-7-14)20(2)3/h6-9,11,13H,4-5,10,12H2,1-3H3/b16-11-/t13-/m0/s1. The molecule has 122 valence electrons. The van der Waals surface area contributed by atoms with Gasteiger partial charge in [0, 0.05) is 32.9 Å². The highest BCUT2D eigenvalue weighted by Crippen LogP contribution is 2.32. The number of aliphatic imine (C=N–C) groups is 1. The van der Waals surface area contributed by atoms with Crippen molar-refractivity contribution in [2.45, 2.75) is 19.8 Å². The SMILES string of the molecule is C[C@H]1CCCN(C2=NC(=O)/C(=C/c3ccc(N(C)C)cc3)S2)C1. The summed E-state index contributed by atoms with van der Waals surface area (Å²) in [5.74, 6) is 0.564. The molecule has 1 fully saturated rings. The zero-order chi connectivity index (χ0) is 16.4. The Kier molecular flexibility index (Phi) is 4.76. The van der Waals surface area contributed by atoms with Crippen molar-refractivity contribution in [3.8, 4) is 0 Å². The first-order chi connectivity index (χ1) is 11.0. The normalized spacial score (nSPS) is 23.3. The molecule has 0 spiro atoms. The number of benzene rings is 1. The number of rotatable bonds is 2. The lowest BCUT2D eigenvalue weighted by Gasteiger charge is -2.31. The Morgan fingerprint density at radius 3 is 2.70 bits per heavy atom. The number of amides is 1. The second kappa shape index (κ2) is 6.79. The fourth-order valence-electron chi connectivity index (χ4n) is 2.92. The minimum absolute atomic E-state index is 0.111. The van der Waals surface area contributed by atoms with E-state index in [0.717, 1.165) is 34.4 Å². The number of nitrogens with zero attached hydrogens (tertiary/aromatic N) is 3. The van der Waals surface area contributed by atoms with Crippen LogP contribution in [0.4, 0.5) is 5.69 Å². The van der Waals surface area contributed by atoms with Crippen molar-refractivity contribution >= 4 is 34.6 Å². The van der Waals surface area contributed by atoms with E-state index in [0.29, 0.717) is 5.92 Å². The molecule has 1 amide bonds. The van der Waals surface area contributed by atoms with Gasteiger partial charge in [0.15, 0.2) is 5.17 Å². The highest BCUT2D eigenvalue weighted by atomic mass is 32.2. The second-order valence-electron chi connectivity index (χ2n) is 6.49. The van der Waals surface area contributed by atoms with Gasteiger partial charge in [0.25, 0.3) is 5.91 Å². The van der Waals surface area contributed by atoms with E-state index in [1.807, 2.05) is 32.3 Å². The minimum atomic E-state index is -0.111. The molecular weight excluding hydrogens is 306 g/mol. The van der Waals surface area contributed by atoms with Crippen LogP contribution >= 0.6 is 11.8 Å². The van der Waals surface area contributed by atoms with Crippen LogP contribution in [-0.2, 0) is 4.79 Å². The zero-order valence-corrected chi connectivity index (χ0v) is 14.8. The number of thioether (sulfide) groups is 1. The van der Waals surface area contributed by atoms with Crippen LogP contribution in [0.2, 0.25) is 0 Å². The Labute approximate surface area is 142 Å². The Balaban J connectivity index is 1.71. The molecule has 0 aliphatic carbocycles. The number of piperidine rings is 1. The van der Waals surface area contributed by atoms with Gasteiger partial charge in [-0.05, 0) is 54.3 Å². The molecule has 5 heteroatoms. The number of carbonyl (C=O) groups is 1. The maximum Gasteiger partial charge on any atom is 0.286 e. The molecule has 23 heavy (non-hydrogen) atoms. The summed E-state index contributed by atoms with van der Waals surface area (Å²) < 4.78 is 0. The maximum absolute atomic E-state index is 12.2. The van der Waals surface area contributed by atoms with Crippen LogP contribution in [0, 0.1) is 5.92 Å². The number of hydrogen-bond acceptors (Lipinski definition) is 4. The largest absolute Gasteiger partial charge is 0.378 e. The molecular formula is C18H23N3OS. The van der Waals surface area contributed by atoms with Gasteiger partial charge in [-0.15, -0.1) is 0 Å². The van der Waals surface area contributed by atoms with E-state index in [1.54, 1.807) is 0 Å². The Morgan fingerprint density at radius 1 is 1.30 bits per heavy atom.